The highest BCUT2D eigenvalue weighted by Gasteiger charge is 2.23. The minimum Gasteiger partial charge on any atom is -0.364 e. The molecule has 1 aromatic carbocycles. The maximum Gasteiger partial charge on any atom is 0.227 e. The van der Waals surface area contributed by atoms with Crippen LogP contribution in [0.2, 0.25) is 0 Å². The Kier molecular flexibility index (Phi) is 9.98. The summed E-state index contributed by atoms with van der Waals surface area (Å²) in [5.41, 5.74) is 2.93. The van der Waals surface area contributed by atoms with E-state index in [1.807, 2.05) is 24.3 Å². The highest BCUT2D eigenvalue weighted by Crippen LogP contribution is 2.26. The smallest absolute Gasteiger partial charge is 0.227 e. The van der Waals surface area contributed by atoms with Crippen LogP contribution in [0.3, 0.4) is 0 Å². The van der Waals surface area contributed by atoms with E-state index in [9.17, 15) is 4.79 Å². The normalized spacial score (nSPS) is 17.6. The van der Waals surface area contributed by atoms with Gasteiger partial charge in [-0.2, -0.15) is 0 Å². The van der Waals surface area contributed by atoms with Crippen molar-refractivity contribution < 1.29 is 9.32 Å². The Morgan fingerprint density at radius 3 is 2.67 bits per heavy atom. The first kappa shape index (κ1) is 25.5. The van der Waals surface area contributed by atoms with Gasteiger partial charge in [-0.1, -0.05) is 30.1 Å². The molecule has 1 aliphatic carbocycles. The number of aromatic nitrogens is 1. The maximum absolute atomic E-state index is 12.4. The molecular formula is C24H35IN6O2. The zero-order valence-electron chi connectivity index (χ0n) is 19.3. The van der Waals surface area contributed by atoms with Crippen molar-refractivity contribution in [3.8, 4) is 0 Å². The number of aliphatic imine (C=N–C) groups is 1. The van der Waals surface area contributed by atoms with E-state index in [2.05, 4.69) is 38.6 Å². The summed E-state index contributed by atoms with van der Waals surface area (Å²) in [6.07, 6.45) is 5.96. The lowest BCUT2D eigenvalue weighted by Gasteiger charge is -2.36. The number of guanidine groups is 1. The molecule has 0 bridgehead atoms. The van der Waals surface area contributed by atoms with Crippen LogP contribution < -0.4 is 10.6 Å². The van der Waals surface area contributed by atoms with Gasteiger partial charge in [-0.15, -0.1) is 24.0 Å². The second-order valence-electron chi connectivity index (χ2n) is 8.60. The molecular weight excluding hydrogens is 531 g/mol. The number of hydrogen-bond acceptors (Lipinski definition) is 5. The Bertz CT molecular complexity index is 890. The predicted molar refractivity (Wildman–Crippen MR) is 141 cm³/mol. The van der Waals surface area contributed by atoms with Crippen LogP contribution in [0.15, 0.2) is 46.1 Å². The van der Waals surface area contributed by atoms with Gasteiger partial charge in [0.25, 0.3) is 0 Å². The van der Waals surface area contributed by atoms with Crippen molar-refractivity contribution in [3.63, 3.8) is 0 Å². The number of rotatable bonds is 7. The van der Waals surface area contributed by atoms with Gasteiger partial charge in [0.1, 0.15) is 6.26 Å². The van der Waals surface area contributed by atoms with Crippen molar-refractivity contribution in [2.45, 2.75) is 45.7 Å². The SMILES string of the molecule is CCNC(=NCc1cccc(NC(=O)C2CCCC2)c1)N1CCN(Cc2ccon2)CC1.I. The lowest BCUT2D eigenvalue weighted by Crippen LogP contribution is -2.52. The third kappa shape index (κ3) is 7.43. The fourth-order valence-corrected chi connectivity index (χ4v) is 4.44. The second kappa shape index (κ2) is 12.9. The van der Waals surface area contributed by atoms with Gasteiger partial charge in [-0.3, -0.25) is 9.69 Å². The first-order chi connectivity index (χ1) is 15.7. The molecule has 8 nitrogen and oxygen atoms in total. The molecule has 1 saturated heterocycles. The van der Waals surface area contributed by atoms with Crippen molar-refractivity contribution in [2.75, 3.05) is 38.0 Å². The third-order valence-electron chi connectivity index (χ3n) is 6.22. The van der Waals surface area contributed by atoms with E-state index in [0.717, 1.165) is 87.9 Å². The van der Waals surface area contributed by atoms with Crippen LogP contribution in [-0.4, -0.2) is 59.5 Å². The van der Waals surface area contributed by atoms with E-state index in [1.165, 1.54) is 0 Å². The molecule has 2 aromatic rings. The number of hydrogen-bond donors (Lipinski definition) is 2. The van der Waals surface area contributed by atoms with Gasteiger partial charge in [-0.05, 0) is 37.5 Å². The number of benzene rings is 1. The number of piperazine rings is 1. The van der Waals surface area contributed by atoms with Gasteiger partial charge >= 0.3 is 0 Å². The lowest BCUT2D eigenvalue weighted by molar-refractivity contribution is -0.119. The van der Waals surface area contributed by atoms with Crippen molar-refractivity contribution >= 4 is 41.5 Å². The number of nitrogens with zero attached hydrogens (tertiary/aromatic N) is 4. The second-order valence-corrected chi connectivity index (χ2v) is 8.60. The van der Waals surface area contributed by atoms with Crippen molar-refractivity contribution in [1.29, 1.82) is 0 Å². The summed E-state index contributed by atoms with van der Waals surface area (Å²) in [4.78, 5) is 22.0. The Labute approximate surface area is 213 Å². The first-order valence-electron chi connectivity index (χ1n) is 11.8. The van der Waals surface area contributed by atoms with E-state index in [-0.39, 0.29) is 35.8 Å². The molecule has 0 radical (unpaired) electrons. The fraction of sp³-hybridized carbons (Fsp3) is 0.542. The summed E-state index contributed by atoms with van der Waals surface area (Å²) in [5.74, 6) is 1.26. The fourth-order valence-electron chi connectivity index (χ4n) is 4.44. The van der Waals surface area contributed by atoms with Crippen LogP contribution in [0.5, 0.6) is 0 Å². The van der Waals surface area contributed by atoms with Gasteiger partial charge in [-0.25, -0.2) is 4.99 Å². The summed E-state index contributed by atoms with van der Waals surface area (Å²) in [6, 6.07) is 9.97. The van der Waals surface area contributed by atoms with Crippen LogP contribution in [0.1, 0.15) is 43.9 Å². The largest absolute Gasteiger partial charge is 0.364 e. The molecule has 0 unspecified atom stereocenters. The maximum atomic E-state index is 12.4. The Hall–Kier alpha value is -2.14. The average Bonchev–Trinajstić information content (AvgIpc) is 3.52. The van der Waals surface area contributed by atoms with Gasteiger partial charge < -0.3 is 20.1 Å². The molecule has 1 saturated carbocycles. The molecule has 4 rings (SSSR count). The number of anilines is 1. The molecule has 0 atom stereocenters. The van der Waals surface area contributed by atoms with Gasteiger partial charge in [0, 0.05) is 56.9 Å². The summed E-state index contributed by atoms with van der Waals surface area (Å²) >= 11 is 0. The van der Waals surface area contributed by atoms with E-state index in [4.69, 9.17) is 9.52 Å². The zero-order valence-corrected chi connectivity index (χ0v) is 21.7. The van der Waals surface area contributed by atoms with Gasteiger partial charge in [0.15, 0.2) is 5.96 Å². The molecule has 2 fully saturated rings. The van der Waals surface area contributed by atoms with E-state index in [0.29, 0.717) is 6.54 Å². The predicted octanol–water partition coefficient (Wildman–Crippen LogP) is 3.70. The summed E-state index contributed by atoms with van der Waals surface area (Å²) in [6.45, 7) is 8.07. The zero-order chi connectivity index (χ0) is 22.2. The first-order valence-corrected chi connectivity index (χ1v) is 11.8. The van der Waals surface area contributed by atoms with Crippen molar-refractivity contribution in [3.05, 3.63) is 47.9 Å². The molecule has 0 spiro atoms. The molecule has 1 amide bonds. The monoisotopic (exact) mass is 566 g/mol. The van der Waals surface area contributed by atoms with E-state index >= 15 is 0 Å². The topological polar surface area (TPSA) is 86.0 Å². The molecule has 2 N–H and O–H groups in total. The molecule has 2 aliphatic rings. The van der Waals surface area contributed by atoms with E-state index < -0.39 is 0 Å². The minimum absolute atomic E-state index is 0. The highest BCUT2D eigenvalue weighted by molar-refractivity contribution is 14.0. The summed E-state index contributed by atoms with van der Waals surface area (Å²) in [5, 5.41) is 10.5. The number of halogens is 1. The summed E-state index contributed by atoms with van der Waals surface area (Å²) < 4.78 is 4.94. The standard InChI is InChI=1S/C24H34N6O2.HI/c1-2-25-24(30-13-11-29(12-14-30)18-22-10-15-32-28-22)26-17-19-6-5-9-21(16-19)27-23(31)20-7-3-4-8-20;/h5-6,9-10,15-16,20H,2-4,7-8,11-14,17-18H2,1H3,(H,25,26)(H,27,31);1H. The Morgan fingerprint density at radius 2 is 1.97 bits per heavy atom. The average molecular weight is 566 g/mol. The quantitative estimate of drug-likeness (QED) is 0.302. The van der Waals surface area contributed by atoms with Crippen LogP contribution in [-0.2, 0) is 17.9 Å². The number of carbonyl (C=O) groups excluding carboxylic acids is 1. The molecule has 2 heterocycles. The molecule has 9 heteroatoms. The molecule has 33 heavy (non-hydrogen) atoms. The van der Waals surface area contributed by atoms with Crippen LogP contribution in [0.4, 0.5) is 5.69 Å². The number of nitrogens with one attached hydrogen (secondary N) is 2. The van der Waals surface area contributed by atoms with Crippen molar-refractivity contribution in [1.82, 2.24) is 20.3 Å². The van der Waals surface area contributed by atoms with Crippen LogP contribution in [0, 0.1) is 5.92 Å². The molecule has 1 aliphatic heterocycles. The summed E-state index contributed by atoms with van der Waals surface area (Å²) in [7, 11) is 0. The molecule has 1 aromatic heterocycles. The van der Waals surface area contributed by atoms with E-state index in [1.54, 1.807) is 6.26 Å². The van der Waals surface area contributed by atoms with Crippen LogP contribution >= 0.6 is 24.0 Å². The van der Waals surface area contributed by atoms with Gasteiger partial charge in [0.05, 0.1) is 12.2 Å². The van der Waals surface area contributed by atoms with Crippen LogP contribution in [0.25, 0.3) is 0 Å². The Balaban J connectivity index is 0.00000306. The highest BCUT2D eigenvalue weighted by atomic mass is 127. The van der Waals surface area contributed by atoms with Gasteiger partial charge in [0.2, 0.25) is 5.91 Å². The van der Waals surface area contributed by atoms with Crippen molar-refractivity contribution in [2.24, 2.45) is 10.9 Å². The lowest BCUT2D eigenvalue weighted by atomic mass is 10.1. The Morgan fingerprint density at radius 1 is 1.18 bits per heavy atom. The number of carbonyl (C=O) groups is 1. The number of amides is 1. The third-order valence-corrected chi connectivity index (χ3v) is 6.22. The molecule has 180 valence electrons. The minimum atomic E-state index is 0.